The summed E-state index contributed by atoms with van der Waals surface area (Å²) in [5.41, 5.74) is 0.0198. The Kier molecular flexibility index (Phi) is 2.96. The van der Waals surface area contributed by atoms with Gasteiger partial charge in [0.25, 0.3) is 0 Å². The number of hydrogen-bond donors (Lipinski definition) is 0. The lowest BCUT2D eigenvalue weighted by Crippen LogP contribution is -2.05. The summed E-state index contributed by atoms with van der Waals surface area (Å²) in [6.45, 7) is 0. The Bertz CT molecular complexity index is 462. The summed E-state index contributed by atoms with van der Waals surface area (Å²) >= 11 is 1.44. The summed E-state index contributed by atoms with van der Waals surface area (Å²) in [6, 6.07) is 5.34. The van der Waals surface area contributed by atoms with Crippen molar-refractivity contribution in [3.63, 3.8) is 0 Å². The summed E-state index contributed by atoms with van der Waals surface area (Å²) < 4.78 is 37.3. The second kappa shape index (κ2) is 4.25. The largest absolute Gasteiger partial charge is 0.416 e. The van der Waals surface area contributed by atoms with Gasteiger partial charge >= 0.3 is 6.18 Å². The van der Waals surface area contributed by atoms with Crippen LogP contribution >= 0.6 is 11.3 Å². The van der Waals surface area contributed by atoms with Crippen LogP contribution in [0.25, 0.3) is 0 Å². The minimum absolute atomic E-state index is 0.446. The predicted octanol–water partition coefficient (Wildman–Crippen LogP) is 3.75. The summed E-state index contributed by atoms with van der Waals surface area (Å²) in [5.74, 6) is 0. The molecule has 0 N–H and O–H groups in total. The topological polar surface area (TPSA) is 12.9 Å². The number of thiazole rings is 1. The molecule has 0 unspecified atom stereocenters. The smallest absolute Gasteiger partial charge is 0.249 e. The molecule has 0 atom stereocenters. The normalized spacial score (nSPS) is 11.7. The monoisotopic (exact) mass is 243 g/mol. The predicted molar refractivity (Wildman–Crippen MR) is 56.4 cm³/mol. The van der Waals surface area contributed by atoms with Crippen LogP contribution in [0.15, 0.2) is 35.8 Å². The van der Waals surface area contributed by atoms with E-state index >= 15 is 0 Å². The molecule has 16 heavy (non-hydrogen) atoms. The first kappa shape index (κ1) is 11.1. The van der Waals surface area contributed by atoms with Crippen LogP contribution in [0.4, 0.5) is 13.2 Å². The molecule has 1 aromatic carbocycles. The van der Waals surface area contributed by atoms with Crippen LogP contribution in [0.3, 0.4) is 0 Å². The van der Waals surface area contributed by atoms with Crippen molar-refractivity contribution in [1.29, 1.82) is 0 Å². The molecular formula is C11H8F3NS. The van der Waals surface area contributed by atoms with Gasteiger partial charge in [0.15, 0.2) is 0 Å². The second-order valence-electron chi connectivity index (χ2n) is 3.30. The molecule has 1 aromatic heterocycles. The van der Waals surface area contributed by atoms with E-state index in [9.17, 15) is 13.2 Å². The first-order valence-electron chi connectivity index (χ1n) is 4.60. The first-order valence-corrected chi connectivity index (χ1v) is 5.48. The third-order valence-electron chi connectivity index (χ3n) is 2.09. The first-order chi connectivity index (χ1) is 7.55. The second-order valence-corrected chi connectivity index (χ2v) is 4.28. The average molecular weight is 243 g/mol. The maximum atomic E-state index is 12.4. The zero-order valence-corrected chi connectivity index (χ0v) is 8.98. The van der Waals surface area contributed by atoms with E-state index in [2.05, 4.69) is 4.98 Å². The molecule has 0 saturated carbocycles. The van der Waals surface area contributed by atoms with E-state index in [4.69, 9.17) is 0 Å². The van der Waals surface area contributed by atoms with Gasteiger partial charge in [-0.25, -0.2) is 4.98 Å². The summed E-state index contributed by atoms with van der Waals surface area (Å²) in [6.07, 6.45) is -2.19. The molecule has 0 bridgehead atoms. The fourth-order valence-corrected chi connectivity index (χ4v) is 2.02. The Morgan fingerprint density at radius 3 is 2.69 bits per heavy atom. The van der Waals surface area contributed by atoms with Gasteiger partial charge in [-0.1, -0.05) is 18.2 Å². The van der Waals surface area contributed by atoms with E-state index in [-0.39, 0.29) is 0 Å². The van der Waals surface area contributed by atoms with E-state index in [1.807, 2.05) is 5.38 Å². The maximum absolute atomic E-state index is 12.4. The molecule has 2 rings (SSSR count). The number of benzene rings is 1. The van der Waals surface area contributed by atoms with Crippen LogP contribution in [0, 0.1) is 0 Å². The van der Waals surface area contributed by atoms with E-state index < -0.39 is 11.7 Å². The van der Waals surface area contributed by atoms with Crippen molar-refractivity contribution in [2.45, 2.75) is 12.6 Å². The Balaban J connectivity index is 2.23. The molecule has 0 fully saturated rings. The van der Waals surface area contributed by atoms with Crippen molar-refractivity contribution in [3.8, 4) is 0 Å². The van der Waals surface area contributed by atoms with Gasteiger partial charge < -0.3 is 0 Å². The van der Waals surface area contributed by atoms with Crippen molar-refractivity contribution in [1.82, 2.24) is 4.98 Å². The number of nitrogens with zero attached hydrogens (tertiary/aromatic N) is 1. The third-order valence-corrected chi connectivity index (χ3v) is 2.87. The van der Waals surface area contributed by atoms with Gasteiger partial charge in [0.2, 0.25) is 0 Å². The molecule has 0 spiro atoms. The highest BCUT2D eigenvalue weighted by atomic mass is 32.1. The van der Waals surface area contributed by atoms with Crippen molar-refractivity contribution in [3.05, 3.63) is 52.0 Å². The highest BCUT2D eigenvalue weighted by Gasteiger charge is 2.30. The number of aromatic nitrogens is 1. The van der Waals surface area contributed by atoms with Crippen molar-refractivity contribution in [2.75, 3.05) is 0 Å². The molecule has 0 radical (unpaired) electrons. The number of rotatable bonds is 2. The minimum Gasteiger partial charge on any atom is -0.249 e. The van der Waals surface area contributed by atoms with Gasteiger partial charge in [0.05, 0.1) is 10.6 Å². The lowest BCUT2D eigenvalue weighted by Gasteiger charge is -2.07. The van der Waals surface area contributed by atoms with E-state index in [0.717, 1.165) is 11.1 Å². The van der Waals surface area contributed by atoms with Crippen LogP contribution in [0.2, 0.25) is 0 Å². The fourth-order valence-electron chi connectivity index (χ4n) is 1.37. The standard InChI is InChI=1S/C11H8F3NS/c12-11(13,14)9-3-1-2-8(6-9)7-10-15-4-5-16-10/h1-6H,7H2. The Hall–Kier alpha value is -1.36. The Labute approximate surface area is 94.6 Å². The van der Waals surface area contributed by atoms with Crippen LogP contribution in [-0.2, 0) is 12.6 Å². The van der Waals surface area contributed by atoms with Crippen molar-refractivity contribution < 1.29 is 13.2 Å². The highest BCUT2D eigenvalue weighted by molar-refractivity contribution is 7.09. The maximum Gasteiger partial charge on any atom is 0.416 e. The number of halogens is 3. The highest BCUT2D eigenvalue weighted by Crippen LogP contribution is 2.30. The molecule has 0 amide bonds. The van der Waals surface area contributed by atoms with E-state index in [0.29, 0.717) is 12.0 Å². The van der Waals surface area contributed by atoms with Crippen molar-refractivity contribution in [2.24, 2.45) is 0 Å². The molecule has 5 heteroatoms. The summed E-state index contributed by atoms with van der Waals surface area (Å²) in [5, 5.41) is 2.63. The molecule has 1 nitrogen and oxygen atoms in total. The molecule has 0 aliphatic carbocycles. The van der Waals surface area contributed by atoms with Crippen LogP contribution in [0.5, 0.6) is 0 Å². The SMILES string of the molecule is FC(F)(F)c1cccc(Cc2nccs2)c1. The minimum atomic E-state index is -4.28. The van der Waals surface area contributed by atoms with Crippen LogP contribution in [0.1, 0.15) is 16.1 Å². The number of alkyl halides is 3. The Morgan fingerprint density at radius 1 is 1.25 bits per heavy atom. The molecular weight excluding hydrogens is 235 g/mol. The molecule has 0 saturated heterocycles. The summed E-state index contributed by atoms with van der Waals surface area (Å²) in [4.78, 5) is 4.04. The van der Waals surface area contributed by atoms with Gasteiger partial charge in [-0.3, -0.25) is 0 Å². The number of hydrogen-bond acceptors (Lipinski definition) is 2. The molecule has 0 aliphatic heterocycles. The van der Waals surface area contributed by atoms with E-state index in [1.54, 1.807) is 12.3 Å². The van der Waals surface area contributed by atoms with Gasteiger partial charge in [-0.2, -0.15) is 13.2 Å². The average Bonchev–Trinajstić information content (AvgIpc) is 2.70. The van der Waals surface area contributed by atoms with Gasteiger partial charge in [0, 0.05) is 18.0 Å². The zero-order valence-electron chi connectivity index (χ0n) is 8.16. The lowest BCUT2D eigenvalue weighted by atomic mass is 10.1. The third kappa shape index (κ3) is 2.61. The molecule has 0 aliphatic rings. The molecule has 1 heterocycles. The van der Waals surface area contributed by atoms with Gasteiger partial charge in [-0.05, 0) is 11.6 Å². The summed E-state index contributed by atoms with van der Waals surface area (Å²) in [7, 11) is 0. The van der Waals surface area contributed by atoms with Gasteiger partial charge in [0.1, 0.15) is 0 Å². The van der Waals surface area contributed by atoms with E-state index in [1.165, 1.54) is 23.5 Å². The lowest BCUT2D eigenvalue weighted by molar-refractivity contribution is -0.137. The van der Waals surface area contributed by atoms with Crippen LogP contribution in [-0.4, -0.2) is 4.98 Å². The van der Waals surface area contributed by atoms with Crippen LogP contribution < -0.4 is 0 Å². The van der Waals surface area contributed by atoms with Crippen molar-refractivity contribution >= 4 is 11.3 Å². The molecule has 84 valence electrons. The Morgan fingerprint density at radius 2 is 2.06 bits per heavy atom. The van der Waals surface area contributed by atoms with Gasteiger partial charge in [-0.15, -0.1) is 11.3 Å². The molecule has 2 aromatic rings. The fraction of sp³-hybridized carbons (Fsp3) is 0.182. The zero-order chi connectivity index (χ0) is 11.6. The quantitative estimate of drug-likeness (QED) is 0.782.